The molecular weight excluding hydrogens is 198 g/mol. The highest BCUT2D eigenvalue weighted by Crippen LogP contribution is 2.19. The number of imidazole rings is 1. The Labute approximate surface area is 99.3 Å². The second-order valence-electron chi connectivity index (χ2n) is 4.53. The molecular formula is C13H25N3. The minimum Gasteiger partial charge on any atom is -0.332 e. The van der Waals surface area contributed by atoms with E-state index in [1.54, 1.807) is 0 Å². The number of hydrogen-bond donors (Lipinski definition) is 1. The second-order valence-corrected chi connectivity index (χ2v) is 4.53. The predicted molar refractivity (Wildman–Crippen MR) is 68.6 cm³/mol. The summed E-state index contributed by atoms with van der Waals surface area (Å²) >= 11 is 0. The highest BCUT2D eigenvalue weighted by Gasteiger charge is 2.15. The molecule has 0 spiro atoms. The minimum atomic E-state index is 0.517. The van der Waals surface area contributed by atoms with Crippen LogP contribution in [0.15, 0.2) is 12.4 Å². The van der Waals surface area contributed by atoms with Crippen LogP contribution in [-0.2, 0) is 6.42 Å². The standard InChI is InChI=1S/C13H25N3/c1-5-7-13-15-8-9-16(13)12(4)11(3)10-14-6-2/h8-9,11-12,14H,5-7,10H2,1-4H3. The molecule has 1 N–H and O–H groups in total. The molecule has 0 aromatic carbocycles. The topological polar surface area (TPSA) is 29.9 Å². The van der Waals surface area contributed by atoms with Gasteiger partial charge in [0.05, 0.1) is 0 Å². The minimum absolute atomic E-state index is 0.517. The fourth-order valence-corrected chi connectivity index (χ4v) is 1.95. The van der Waals surface area contributed by atoms with Gasteiger partial charge in [-0.25, -0.2) is 4.98 Å². The molecule has 1 heterocycles. The number of nitrogens with one attached hydrogen (secondary N) is 1. The summed E-state index contributed by atoms with van der Waals surface area (Å²) in [5.41, 5.74) is 0. The normalized spacial score (nSPS) is 15.0. The van der Waals surface area contributed by atoms with Crippen LogP contribution in [0.25, 0.3) is 0 Å². The molecule has 1 aromatic rings. The van der Waals surface area contributed by atoms with E-state index in [1.165, 1.54) is 5.82 Å². The molecule has 2 atom stereocenters. The summed E-state index contributed by atoms with van der Waals surface area (Å²) < 4.78 is 2.32. The van der Waals surface area contributed by atoms with Gasteiger partial charge in [-0.2, -0.15) is 0 Å². The average molecular weight is 223 g/mol. The molecule has 0 bridgehead atoms. The number of hydrogen-bond acceptors (Lipinski definition) is 2. The van der Waals surface area contributed by atoms with E-state index < -0.39 is 0 Å². The Morgan fingerprint density at radius 1 is 1.38 bits per heavy atom. The van der Waals surface area contributed by atoms with Gasteiger partial charge in [-0.05, 0) is 32.4 Å². The van der Waals surface area contributed by atoms with E-state index in [2.05, 4.69) is 48.8 Å². The monoisotopic (exact) mass is 223 g/mol. The van der Waals surface area contributed by atoms with Crippen molar-refractivity contribution in [3.63, 3.8) is 0 Å². The van der Waals surface area contributed by atoms with Crippen LogP contribution in [0.4, 0.5) is 0 Å². The Hall–Kier alpha value is -0.830. The predicted octanol–water partition coefficient (Wildman–Crippen LogP) is 2.64. The highest BCUT2D eigenvalue weighted by molar-refractivity contribution is 4.95. The fourth-order valence-electron chi connectivity index (χ4n) is 1.95. The fraction of sp³-hybridized carbons (Fsp3) is 0.769. The summed E-state index contributed by atoms with van der Waals surface area (Å²) in [5.74, 6) is 1.85. The van der Waals surface area contributed by atoms with Crippen LogP contribution in [-0.4, -0.2) is 22.6 Å². The van der Waals surface area contributed by atoms with Gasteiger partial charge in [0, 0.05) is 24.9 Å². The number of aryl methyl sites for hydroxylation is 1. The van der Waals surface area contributed by atoms with Crippen molar-refractivity contribution >= 4 is 0 Å². The lowest BCUT2D eigenvalue weighted by Gasteiger charge is -2.23. The summed E-state index contributed by atoms with van der Waals surface area (Å²) in [7, 11) is 0. The molecule has 3 nitrogen and oxygen atoms in total. The quantitative estimate of drug-likeness (QED) is 0.770. The van der Waals surface area contributed by atoms with Crippen LogP contribution in [0, 0.1) is 5.92 Å². The van der Waals surface area contributed by atoms with Gasteiger partial charge in [-0.1, -0.05) is 20.8 Å². The number of aromatic nitrogens is 2. The van der Waals surface area contributed by atoms with E-state index >= 15 is 0 Å². The summed E-state index contributed by atoms with van der Waals surface area (Å²) in [6, 6.07) is 0.517. The van der Waals surface area contributed by atoms with Crippen LogP contribution in [0.1, 0.15) is 46.0 Å². The van der Waals surface area contributed by atoms with Gasteiger partial charge in [-0.15, -0.1) is 0 Å². The summed E-state index contributed by atoms with van der Waals surface area (Å²) in [5, 5.41) is 3.41. The molecule has 16 heavy (non-hydrogen) atoms. The SMILES string of the molecule is CCCc1nccn1C(C)C(C)CNCC. The molecule has 0 aliphatic heterocycles. The van der Waals surface area contributed by atoms with Crippen LogP contribution < -0.4 is 5.32 Å². The van der Waals surface area contributed by atoms with Crippen molar-refractivity contribution in [3.8, 4) is 0 Å². The van der Waals surface area contributed by atoms with E-state index in [-0.39, 0.29) is 0 Å². The molecule has 0 amide bonds. The first kappa shape index (κ1) is 13.2. The molecule has 1 aromatic heterocycles. The van der Waals surface area contributed by atoms with Crippen molar-refractivity contribution < 1.29 is 0 Å². The van der Waals surface area contributed by atoms with Crippen molar-refractivity contribution in [2.45, 2.75) is 46.6 Å². The number of nitrogens with zero attached hydrogens (tertiary/aromatic N) is 2. The van der Waals surface area contributed by atoms with E-state index in [9.17, 15) is 0 Å². The smallest absolute Gasteiger partial charge is 0.108 e. The molecule has 92 valence electrons. The van der Waals surface area contributed by atoms with Gasteiger partial charge in [0.2, 0.25) is 0 Å². The van der Waals surface area contributed by atoms with Crippen LogP contribution in [0.3, 0.4) is 0 Å². The van der Waals surface area contributed by atoms with Crippen LogP contribution in [0.2, 0.25) is 0 Å². The van der Waals surface area contributed by atoms with E-state index in [4.69, 9.17) is 0 Å². The molecule has 0 aliphatic rings. The molecule has 0 fully saturated rings. The van der Waals surface area contributed by atoms with Gasteiger partial charge >= 0.3 is 0 Å². The van der Waals surface area contributed by atoms with Crippen molar-refractivity contribution in [1.29, 1.82) is 0 Å². The Balaban J connectivity index is 2.63. The van der Waals surface area contributed by atoms with Crippen LogP contribution >= 0.6 is 0 Å². The van der Waals surface area contributed by atoms with Gasteiger partial charge < -0.3 is 9.88 Å². The van der Waals surface area contributed by atoms with Gasteiger partial charge in [0.25, 0.3) is 0 Å². The maximum absolute atomic E-state index is 4.43. The first-order valence-electron chi connectivity index (χ1n) is 6.43. The Bertz CT molecular complexity index is 293. The first-order chi connectivity index (χ1) is 7.70. The molecule has 3 heteroatoms. The third-order valence-corrected chi connectivity index (χ3v) is 3.20. The first-order valence-corrected chi connectivity index (χ1v) is 6.43. The van der Waals surface area contributed by atoms with Crippen molar-refractivity contribution in [2.75, 3.05) is 13.1 Å². The molecule has 0 aliphatic carbocycles. The number of rotatable bonds is 7. The van der Waals surface area contributed by atoms with Crippen molar-refractivity contribution in [3.05, 3.63) is 18.2 Å². The summed E-state index contributed by atoms with van der Waals surface area (Å²) in [4.78, 5) is 4.43. The third kappa shape index (κ3) is 3.34. The van der Waals surface area contributed by atoms with E-state index in [0.717, 1.165) is 25.9 Å². The zero-order chi connectivity index (χ0) is 12.0. The lowest BCUT2D eigenvalue weighted by atomic mass is 10.0. The molecule has 0 saturated carbocycles. The maximum Gasteiger partial charge on any atom is 0.108 e. The van der Waals surface area contributed by atoms with E-state index in [1.807, 2.05) is 6.20 Å². The third-order valence-electron chi connectivity index (χ3n) is 3.20. The van der Waals surface area contributed by atoms with E-state index in [0.29, 0.717) is 12.0 Å². The zero-order valence-corrected chi connectivity index (χ0v) is 11.0. The molecule has 1 rings (SSSR count). The van der Waals surface area contributed by atoms with Crippen molar-refractivity contribution in [1.82, 2.24) is 14.9 Å². The Kier molecular flexibility index (Phi) is 5.53. The zero-order valence-electron chi connectivity index (χ0n) is 11.0. The Morgan fingerprint density at radius 3 is 2.75 bits per heavy atom. The Morgan fingerprint density at radius 2 is 2.12 bits per heavy atom. The lowest BCUT2D eigenvalue weighted by Crippen LogP contribution is -2.27. The van der Waals surface area contributed by atoms with Crippen molar-refractivity contribution in [2.24, 2.45) is 5.92 Å². The lowest BCUT2D eigenvalue weighted by molar-refractivity contribution is 0.355. The maximum atomic E-state index is 4.43. The largest absolute Gasteiger partial charge is 0.332 e. The van der Waals surface area contributed by atoms with Gasteiger partial charge in [0.1, 0.15) is 5.82 Å². The van der Waals surface area contributed by atoms with Gasteiger partial charge in [0.15, 0.2) is 0 Å². The molecule has 0 saturated heterocycles. The highest BCUT2D eigenvalue weighted by atomic mass is 15.1. The van der Waals surface area contributed by atoms with Crippen LogP contribution in [0.5, 0.6) is 0 Å². The average Bonchev–Trinajstić information content (AvgIpc) is 2.73. The molecule has 2 unspecified atom stereocenters. The second kappa shape index (κ2) is 6.69. The summed E-state index contributed by atoms with van der Waals surface area (Å²) in [6.07, 6.45) is 6.26. The van der Waals surface area contributed by atoms with Gasteiger partial charge in [-0.3, -0.25) is 0 Å². The summed E-state index contributed by atoms with van der Waals surface area (Å²) in [6.45, 7) is 11.0. The molecule has 0 radical (unpaired) electrons.